The number of methoxy groups -OCH3 is 1. The zero-order chi connectivity index (χ0) is 19.5. The number of ether oxygens (including phenoxy) is 3. The predicted octanol–water partition coefficient (Wildman–Crippen LogP) is 2.55. The third kappa shape index (κ3) is 4.59. The van der Waals surface area contributed by atoms with Crippen LogP contribution in [0.5, 0.6) is 5.75 Å². The summed E-state index contributed by atoms with van der Waals surface area (Å²) in [5.74, 6) is -1.12. The van der Waals surface area contributed by atoms with Crippen molar-refractivity contribution in [3.63, 3.8) is 0 Å². The van der Waals surface area contributed by atoms with Gasteiger partial charge in [-0.05, 0) is 32.9 Å². The topological polar surface area (TPSA) is 105 Å². The fourth-order valence-corrected chi connectivity index (χ4v) is 3.34. The Kier molecular flexibility index (Phi) is 5.99. The van der Waals surface area contributed by atoms with E-state index in [1.807, 2.05) is 0 Å². The summed E-state index contributed by atoms with van der Waals surface area (Å²) in [5.41, 5.74) is 5.19. The lowest BCUT2D eigenvalue weighted by molar-refractivity contribution is -0.157. The molecule has 0 saturated carbocycles. The molecule has 1 aromatic carbocycles. The van der Waals surface area contributed by atoms with Crippen LogP contribution in [0.3, 0.4) is 0 Å². The molecule has 0 aliphatic rings. The van der Waals surface area contributed by atoms with Gasteiger partial charge < -0.3 is 19.9 Å². The SMILES string of the molecule is COC(=O)c1sc2cc(C(=O)CN)ccc2c1OCC(=O)OC(C)(C)C. The van der Waals surface area contributed by atoms with E-state index in [9.17, 15) is 14.4 Å². The number of thiophene rings is 1. The first-order chi connectivity index (χ1) is 12.2. The van der Waals surface area contributed by atoms with E-state index < -0.39 is 17.5 Å². The highest BCUT2D eigenvalue weighted by molar-refractivity contribution is 7.21. The van der Waals surface area contributed by atoms with E-state index in [2.05, 4.69) is 0 Å². The van der Waals surface area contributed by atoms with Crippen molar-refractivity contribution in [1.82, 2.24) is 0 Å². The number of ketones is 1. The number of hydrogen-bond donors (Lipinski definition) is 1. The molecule has 140 valence electrons. The maximum atomic E-state index is 12.1. The van der Waals surface area contributed by atoms with Crippen molar-refractivity contribution in [3.8, 4) is 5.75 Å². The molecular weight excluding hydrogens is 358 g/mol. The van der Waals surface area contributed by atoms with Crippen LogP contribution in [-0.2, 0) is 14.3 Å². The molecule has 0 unspecified atom stereocenters. The maximum absolute atomic E-state index is 12.1. The van der Waals surface area contributed by atoms with Crippen LogP contribution in [0.4, 0.5) is 0 Å². The molecule has 2 rings (SSSR count). The summed E-state index contributed by atoms with van der Waals surface area (Å²) in [6.45, 7) is 4.79. The molecule has 0 saturated heterocycles. The number of hydrogen-bond acceptors (Lipinski definition) is 8. The van der Waals surface area contributed by atoms with Gasteiger partial charge in [0.2, 0.25) is 0 Å². The first kappa shape index (κ1) is 19.9. The van der Waals surface area contributed by atoms with E-state index >= 15 is 0 Å². The molecule has 0 bridgehead atoms. The van der Waals surface area contributed by atoms with Gasteiger partial charge in [0.15, 0.2) is 23.0 Å². The first-order valence-electron chi connectivity index (χ1n) is 7.89. The number of carbonyl (C=O) groups excluding carboxylic acids is 3. The fourth-order valence-electron chi connectivity index (χ4n) is 2.24. The van der Waals surface area contributed by atoms with Gasteiger partial charge >= 0.3 is 11.9 Å². The van der Waals surface area contributed by atoms with Gasteiger partial charge in [-0.3, -0.25) is 4.79 Å². The van der Waals surface area contributed by atoms with Crippen molar-refractivity contribution < 1.29 is 28.6 Å². The summed E-state index contributed by atoms with van der Waals surface area (Å²) in [4.78, 5) is 36.0. The van der Waals surface area contributed by atoms with E-state index in [4.69, 9.17) is 19.9 Å². The molecule has 0 aliphatic heterocycles. The Bertz CT molecular complexity index is 849. The third-order valence-electron chi connectivity index (χ3n) is 3.28. The van der Waals surface area contributed by atoms with Gasteiger partial charge in [0, 0.05) is 15.6 Å². The van der Waals surface area contributed by atoms with Gasteiger partial charge in [-0.15, -0.1) is 11.3 Å². The highest BCUT2D eigenvalue weighted by Gasteiger charge is 2.23. The van der Waals surface area contributed by atoms with Gasteiger partial charge in [-0.1, -0.05) is 6.07 Å². The van der Waals surface area contributed by atoms with Gasteiger partial charge in [-0.2, -0.15) is 0 Å². The number of rotatable bonds is 6. The lowest BCUT2D eigenvalue weighted by Crippen LogP contribution is -2.27. The zero-order valence-electron chi connectivity index (χ0n) is 15.1. The number of Topliss-reactive ketones (excluding diaryl/α,β-unsaturated/α-hetero) is 1. The molecule has 0 atom stereocenters. The highest BCUT2D eigenvalue weighted by Crippen LogP contribution is 2.39. The zero-order valence-corrected chi connectivity index (χ0v) is 15.9. The second-order valence-electron chi connectivity index (χ2n) is 6.47. The smallest absolute Gasteiger partial charge is 0.351 e. The standard InChI is InChI=1S/C18H21NO6S/c1-18(2,3)25-14(21)9-24-15-11-6-5-10(12(20)8-19)7-13(11)26-16(15)17(22)23-4/h5-7H,8-9,19H2,1-4H3. The predicted molar refractivity (Wildman–Crippen MR) is 97.9 cm³/mol. The quantitative estimate of drug-likeness (QED) is 0.607. The average molecular weight is 379 g/mol. The van der Waals surface area contributed by atoms with E-state index in [-0.39, 0.29) is 29.6 Å². The van der Waals surface area contributed by atoms with Crippen molar-refractivity contribution in [2.24, 2.45) is 5.73 Å². The Balaban J connectivity index is 2.37. The minimum Gasteiger partial charge on any atom is -0.479 e. The average Bonchev–Trinajstić information content (AvgIpc) is 2.94. The van der Waals surface area contributed by atoms with Crippen LogP contribution in [0.2, 0.25) is 0 Å². The molecule has 1 heterocycles. The number of carbonyl (C=O) groups is 3. The molecule has 2 aromatic rings. The van der Waals surface area contributed by atoms with Crippen molar-refractivity contribution in [1.29, 1.82) is 0 Å². The van der Waals surface area contributed by atoms with E-state index in [1.54, 1.807) is 39.0 Å². The number of benzene rings is 1. The van der Waals surface area contributed by atoms with Crippen LogP contribution in [0, 0.1) is 0 Å². The summed E-state index contributed by atoms with van der Waals surface area (Å²) in [7, 11) is 1.26. The molecule has 2 N–H and O–H groups in total. The molecular formula is C18H21NO6S. The fraction of sp³-hybridized carbons (Fsp3) is 0.389. The number of fused-ring (bicyclic) bond motifs is 1. The monoisotopic (exact) mass is 379 g/mol. The highest BCUT2D eigenvalue weighted by atomic mass is 32.1. The molecule has 0 spiro atoms. The van der Waals surface area contributed by atoms with E-state index in [0.717, 1.165) is 11.3 Å². The van der Waals surface area contributed by atoms with Crippen LogP contribution in [0.15, 0.2) is 18.2 Å². The minimum atomic E-state index is -0.639. The first-order valence-corrected chi connectivity index (χ1v) is 8.70. The Morgan fingerprint density at radius 2 is 1.88 bits per heavy atom. The normalized spacial score (nSPS) is 11.3. The molecule has 0 aliphatic carbocycles. The Morgan fingerprint density at radius 3 is 2.46 bits per heavy atom. The third-order valence-corrected chi connectivity index (χ3v) is 4.39. The lowest BCUT2D eigenvalue weighted by Gasteiger charge is -2.19. The summed E-state index contributed by atoms with van der Waals surface area (Å²) < 4.78 is 16.2. The Hall–Kier alpha value is -2.45. The molecule has 26 heavy (non-hydrogen) atoms. The summed E-state index contributed by atoms with van der Waals surface area (Å²) in [6.07, 6.45) is 0. The summed E-state index contributed by atoms with van der Waals surface area (Å²) in [5, 5.41) is 0.604. The summed E-state index contributed by atoms with van der Waals surface area (Å²) >= 11 is 1.12. The van der Waals surface area contributed by atoms with Crippen LogP contribution >= 0.6 is 11.3 Å². The number of nitrogens with two attached hydrogens (primary N) is 1. The lowest BCUT2D eigenvalue weighted by atomic mass is 10.1. The van der Waals surface area contributed by atoms with Crippen LogP contribution in [0.1, 0.15) is 40.8 Å². The van der Waals surface area contributed by atoms with Crippen molar-refractivity contribution >= 4 is 39.1 Å². The van der Waals surface area contributed by atoms with Crippen LogP contribution < -0.4 is 10.5 Å². The molecule has 7 nitrogen and oxygen atoms in total. The van der Waals surface area contributed by atoms with Crippen molar-refractivity contribution in [2.45, 2.75) is 26.4 Å². The Morgan fingerprint density at radius 1 is 1.19 bits per heavy atom. The minimum absolute atomic E-state index is 0.108. The molecule has 1 aromatic heterocycles. The maximum Gasteiger partial charge on any atom is 0.351 e. The van der Waals surface area contributed by atoms with Gasteiger partial charge in [0.25, 0.3) is 0 Å². The molecule has 0 radical (unpaired) electrons. The van der Waals surface area contributed by atoms with Crippen molar-refractivity contribution in [3.05, 3.63) is 28.6 Å². The Labute approximate surface area is 155 Å². The second-order valence-corrected chi connectivity index (χ2v) is 7.52. The van der Waals surface area contributed by atoms with Gasteiger partial charge in [0.05, 0.1) is 13.7 Å². The van der Waals surface area contributed by atoms with E-state index in [1.165, 1.54) is 7.11 Å². The largest absolute Gasteiger partial charge is 0.479 e. The molecule has 0 fully saturated rings. The van der Waals surface area contributed by atoms with E-state index in [0.29, 0.717) is 15.6 Å². The molecule has 0 amide bonds. The van der Waals surface area contributed by atoms with Crippen LogP contribution in [0.25, 0.3) is 10.1 Å². The van der Waals surface area contributed by atoms with Crippen LogP contribution in [-0.4, -0.2) is 43.6 Å². The second kappa shape index (κ2) is 7.84. The number of esters is 2. The molecule has 8 heteroatoms. The summed E-state index contributed by atoms with van der Waals surface area (Å²) in [6, 6.07) is 4.90. The van der Waals surface area contributed by atoms with Gasteiger partial charge in [-0.25, -0.2) is 9.59 Å². The van der Waals surface area contributed by atoms with Gasteiger partial charge in [0.1, 0.15) is 5.60 Å². The van der Waals surface area contributed by atoms with Crippen molar-refractivity contribution in [2.75, 3.05) is 20.3 Å².